The molecule has 0 N–H and O–H groups in total. The minimum absolute atomic E-state index is 0.189. The number of hydrogen-bond donors (Lipinski definition) is 0. The lowest BCUT2D eigenvalue weighted by Gasteiger charge is -2.14. The molecule has 2 heterocycles. The number of aryl methyl sites for hydroxylation is 1. The highest BCUT2D eigenvalue weighted by Crippen LogP contribution is 2.25. The van der Waals surface area contributed by atoms with E-state index in [0.29, 0.717) is 17.2 Å². The van der Waals surface area contributed by atoms with Crippen LogP contribution in [0.5, 0.6) is 0 Å². The number of nitrogens with zero attached hydrogens (tertiary/aromatic N) is 2. The average molecular weight is 473 g/mol. The molecule has 0 atom stereocenters. The van der Waals surface area contributed by atoms with Crippen LogP contribution < -0.4 is 4.90 Å². The van der Waals surface area contributed by atoms with Crippen molar-refractivity contribution in [2.75, 3.05) is 11.5 Å². The van der Waals surface area contributed by atoms with Crippen LogP contribution in [0.25, 0.3) is 5.69 Å². The molecule has 0 radical (unpaired) electrons. The summed E-state index contributed by atoms with van der Waals surface area (Å²) in [7, 11) is 0. The molecule has 7 nitrogen and oxygen atoms in total. The minimum Gasteiger partial charge on any atom is -0.454 e. The van der Waals surface area contributed by atoms with E-state index in [1.54, 1.807) is 6.07 Å². The van der Waals surface area contributed by atoms with E-state index in [2.05, 4.69) is 26.0 Å². The zero-order valence-corrected chi connectivity index (χ0v) is 20.3. The van der Waals surface area contributed by atoms with Crippen LogP contribution in [0.2, 0.25) is 0 Å². The molecule has 0 aliphatic carbocycles. The van der Waals surface area contributed by atoms with E-state index in [0.717, 1.165) is 22.0 Å². The molecule has 1 aromatic heterocycles. The van der Waals surface area contributed by atoms with Gasteiger partial charge in [-0.25, -0.2) is 4.79 Å². The molecular weight excluding hydrogens is 444 g/mol. The van der Waals surface area contributed by atoms with Gasteiger partial charge in [-0.2, -0.15) is 0 Å². The lowest BCUT2D eigenvalue weighted by Crippen LogP contribution is -2.28. The summed E-state index contributed by atoms with van der Waals surface area (Å²) in [6.07, 6.45) is 0.378. The predicted molar refractivity (Wildman–Crippen MR) is 132 cm³/mol. The van der Waals surface area contributed by atoms with Crippen LogP contribution in [-0.2, 0) is 14.3 Å². The third kappa shape index (κ3) is 4.80. The highest BCUT2D eigenvalue weighted by molar-refractivity contribution is 6.19. The average Bonchev–Trinajstić information content (AvgIpc) is 3.34. The van der Waals surface area contributed by atoms with Crippen molar-refractivity contribution in [1.29, 1.82) is 0 Å². The molecule has 1 aliphatic rings. The van der Waals surface area contributed by atoms with Crippen molar-refractivity contribution in [3.8, 4) is 5.69 Å². The smallest absolute Gasteiger partial charge is 0.338 e. The lowest BCUT2D eigenvalue weighted by atomic mass is 10.0. The number of ketones is 1. The Kier molecular flexibility index (Phi) is 6.69. The zero-order chi connectivity index (χ0) is 25.3. The number of amides is 2. The number of Topliss-reactive ketones (excluding diaryl/α,β-unsaturated/α-hetero) is 1. The first-order valence-corrected chi connectivity index (χ1v) is 11.6. The second kappa shape index (κ2) is 9.70. The normalized spacial score (nSPS) is 13.6. The molecule has 2 amide bonds. The van der Waals surface area contributed by atoms with E-state index in [-0.39, 0.29) is 42.6 Å². The van der Waals surface area contributed by atoms with Crippen LogP contribution in [0.4, 0.5) is 5.69 Å². The van der Waals surface area contributed by atoms with Crippen molar-refractivity contribution in [2.24, 2.45) is 0 Å². The van der Waals surface area contributed by atoms with Gasteiger partial charge >= 0.3 is 5.97 Å². The fraction of sp³-hybridized carbons (Fsp3) is 0.286. The molecule has 0 spiro atoms. The summed E-state index contributed by atoms with van der Waals surface area (Å²) in [5, 5.41) is 0. The van der Waals surface area contributed by atoms with Gasteiger partial charge in [0, 0.05) is 35.5 Å². The molecule has 0 bridgehead atoms. The molecule has 7 heteroatoms. The molecular formula is C28H28N2O5. The number of anilines is 1. The van der Waals surface area contributed by atoms with E-state index < -0.39 is 5.97 Å². The van der Waals surface area contributed by atoms with Crippen molar-refractivity contribution in [3.05, 3.63) is 82.7 Å². The Hall–Kier alpha value is -4.00. The van der Waals surface area contributed by atoms with Gasteiger partial charge in [0.15, 0.2) is 6.61 Å². The van der Waals surface area contributed by atoms with Crippen molar-refractivity contribution >= 4 is 29.3 Å². The molecule has 0 unspecified atom stereocenters. The van der Waals surface area contributed by atoms with Gasteiger partial charge in [-0.15, -0.1) is 0 Å². The van der Waals surface area contributed by atoms with Gasteiger partial charge < -0.3 is 9.30 Å². The second-order valence-corrected chi connectivity index (χ2v) is 9.04. The fourth-order valence-corrected chi connectivity index (χ4v) is 4.35. The van der Waals surface area contributed by atoms with E-state index in [4.69, 9.17) is 4.74 Å². The Bertz CT molecular complexity index is 1280. The van der Waals surface area contributed by atoms with Crippen LogP contribution in [0.3, 0.4) is 0 Å². The van der Waals surface area contributed by atoms with Crippen LogP contribution >= 0.6 is 0 Å². The maximum atomic E-state index is 12.9. The van der Waals surface area contributed by atoms with Crippen LogP contribution in [-0.4, -0.2) is 34.7 Å². The number of carbonyl (C=O) groups excluding carboxylic acids is 4. The largest absolute Gasteiger partial charge is 0.454 e. The van der Waals surface area contributed by atoms with E-state index >= 15 is 0 Å². The molecule has 1 fully saturated rings. The molecule has 35 heavy (non-hydrogen) atoms. The number of carbonyl (C=O) groups is 4. The SMILES string of the molecule is Cc1cc(C(=O)COC(=O)c2ccc(N3C(=O)CCC3=O)cc2)c(C)n1-c1ccc(C(C)C)cc1. The Morgan fingerprint density at radius 1 is 0.886 bits per heavy atom. The highest BCUT2D eigenvalue weighted by atomic mass is 16.5. The Balaban J connectivity index is 1.43. The van der Waals surface area contributed by atoms with Gasteiger partial charge in [-0.3, -0.25) is 19.3 Å². The van der Waals surface area contributed by atoms with Crippen molar-refractivity contribution in [3.63, 3.8) is 0 Å². The summed E-state index contributed by atoms with van der Waals surface area (Å²) in [5.41, 5.74) is 5.06. The Labute approximate surface area is 204 Å². The first-order chi connectivity index (χ1) is 16.7. The summed E-state index contributed by atoms with van der Waals surface area (Å²) in [5.74, 6) is -1.03. The standard InChI is InChI=1S/C28H28N2O5/c1-17(2)20-5-9-22(10-6-20)29-18(3)15-24(19(29)4)25(31)16-35-28(34)21-7-11-23(12-8-21)30-26(32)13-14-27(30)33/h5-12,15,17H,13-14,16H2,1-4H3. The third-order valence-corrected chi connectivity index (χ3v) is 6.30. The molecule has 0 saturated carbocycles. The number of esters is 1. The van der Waals surface area contributed by atoms with E-state index in [9.17, 15) is 19.2 Å². The first-order valence-electron chi connectivity index (χ1n) is 11.6. The Morgan fingerprint density at radius 3 is 2.03 bits per heavy atom. The molecule has 2 aromatic carbocycles. The van der Waals surface area contributed by atoms with Gasteiger partial charge in [0.05, 0.1) is 11.3 Å². The van der Waals surface area contributed by atoms with Crippen LogP contribution in [0.1, 0.15) is 70.3 Å². The number of aromatic nitrogens is 1. The lowest BCUT2D eigenvalue weighted by molar-refractivity contribution is -0.121. The highest BCUT2D eigenvalue weighted by Gasteiger charge is 2.30. The maximum Gasteiger partial charge on any atom is 0.338 e. The van der Waals surface area contributed by atoms with Crippen molar-refractivity contribution in [2.45, 2.75) is 46.5 Å². The summed E-state index contributed by atoms with van der Waals surface area (Å²) >= 11 is 0. The molecule has 1 saturated heterocycles. The van der Waals surface area contributed by atoms with Gasteiger partial charge in [0.1, 0.15) is 0 Å². The van der Waals surface area contributed by atoms with E-state index in [1.165, 1.54) is 29.8 Å². The monoisotopic (exact) mass is 472 g/mol. The predicted octanol–water partition coefficient (Wildman–Crippen LogP) is 4.91. The number of benzene rings is 2. The van der Waals surface area contributed by atoms with Gasteiger partial charge in [-0.1, -0.05) is 26.0 Å². The second-order valence-electron chi connectivity index (χ2n) is 9.04. The fourth-order valence-electron chi connectivity index (χ4n) is 4.35. The number of ether oxygens (including phenoxy) is 1. The van der Waals surface area contributed by atoms with Crippen molar-refractivity contribution < 1.29 is 23.9 Å². The van der Waals surface area contributed by atoms with Crippen LogP contribution in [0, 0.1) is 13.8 Å². The molecule has 180 valence electrons. The number of imide groups is 1. The number of rotatable bonds is 7. The van der Waals surface area contributed by atoms with Gasteiger partial charge in [-0.05, 0) is 67.8 Å². The summed E-state index contributed by atoms with van der Waals surface area (Å²) in [4.78, 5) is 50.2. The van der Waals surface area contributed by atoms with E-state index in [1.807, 2.05) is 30.5 Å². The maximum absolute atomic E-state index is 12.9. The Morgan fingerprint density at radius 2 is 1.46 bits per heavy atom. The van der Waals surface area contributed by atoms with Gasteiger partial charge in [0.25, 0.3) is 0 Å². The molecule has 4 rings (SSSR count). The third-order valence-electron chi connectivity index (χ3n) is 6.30. The first kappa shape index (κ1) is 24.1. The summed E-state index contributed by atoms with van der Waals surface area (Å²) in [6.45, 7) is 7.70. The quantitative estimate of drug-likeness (QED) is 0.277. The topological polar surface area (TPSA) is 85.7 Å². The summed E-state index contributed by atoms with van der Waals surface area (Å²) in [6, 6.07) is 16.1. The minimum atomic E-state index is -0.651. The van der Waals surface area contributed by atoms with Gasteiger partial charge in [0.2, 0.25) is 17.6 Å². The molecule has 3 aromatic rings. The zero-order valence-electron chi connectivity index (χ0n) is 20.3. The summed E-state index contributed by atoms with van der Waals surface area (Å²) < 4.78 is 7.27. The number of hydrogen-bond acceptors (Lipinski definition) is 5. The molecule has 1 aliphatic heterocycles. The van der Waals surface area contributed by atoms with Crippen LogP contribution in [0.15, 0.2) is 54.6 Å². The van der Waals surface area contributed by atoms with Crippen molar-refractivity contribution in [1.82, 2.24) is 4.57 Å².